The summed E-state index contributed by atoms with van der Waals surface area (Å²) in [4.78, 5) is 8.09. The number of ether oxygens (including phenoxy) is 3. The minimum atomic E-state index is 0.0808. The van der Waals surface area contributed by atoms with Crippen LogP contribution in [0.1, 0.15) is 5.56 Å². The summed E-state index contributed by atoms with van der Waals surface area (Å²) in [6.07, 6.45) is 0. The lowest BCUT2D eigenvalue weighted by Crippen LogP contribution is -2.00. The topological polar surface area (TPSA) is 53.5 Å². The maximum Gasteiger partial charge on any atom is 0.224 e. The highest BCUT2D eigenvalue weighted by atomic mass is 35.5. The fourth-order valence-corrected chi connectivity index (χ4v) is 2.77. The van der Waals surface area contributed by atoms with Crippen LogP contribution in [0.15, 0.2) is 36.4 Å². The maximum atomic E-state index is 6.14. The van der Waals surface area contributed by atoms with E-state index in [4.69, 9.17) is 37.4 Å². The normalized spacial score (nSPS) is 10.7. The molecule has 0 aliphatic carbocycles. The first-order valence-corrected chi connectivity index (χ1v) is 7.83. The molecule has 3 aromatic rings. The van der Waals surface area contributed by atoms with Crippen molar-refractivity contribution >= 4 is 34.1 Å². The fourth-order valence-electron chi connectivity index (χ4n) is 2.32. The Morgan fingerprint density at radius 2 is 1.67 bits per heavy atom. The van der Waals surface area contributed by atoms with Crippen LogP contribution in [0.5, 0.6) is 17.2 Å². The van der Waals surface area contributed by atoms with Gasteiger partial charge in [-0.15, -0.1) is 0 Å². The van der Waals surface area contributed by atoms with Crippen molar-refractivity contribution in [2.24, 2.45) is 0 Å². The molecule has 0 bridgehead atoms. The summed E-state index contributed by atoms with van der Waals surface area (Å²) < 4.78 is 16.6. The van der Waals surface area contributed by atoms with Gasteiger partial charge in [0.15, 0.2) is 11.5 Å². The number of para-hydroxylation sites is 1. The van der Waals surface area contributed by atoms with Crippen LogP contribution in [-0.2, 0) is 6.61 Å². The average molecular weight is 365 g/mol. The lowest BCUT2D eigenvalue weighted by Gasteiger charge is -2.14. The summed E-state index contributed by atoms with van der Waals surface area (Å²) in [6.45, 7) is 0.317. The molecule has 124 valence electrons. The molecule has 0 unspecified atom stereocenters. The monoisotopic (exact) mass is 364 g/mol. The third kappa shape index (κ3) is 3.32. The van der Waals surface area contributed by atoms with Gasteiger partial charge in [-0.2, -0.15) is 0 Å². The van der Waals surface area contributed by atoms with Crippen molar-refractivity contribution in [2.75, 3.05) is 14.2 Å². The van der Waals surface area contributed by atoms with E-state index in [1.807, 2.05) is 24.3 Å². The van der Waals surface area contributed by atoms with Crippen molar-refractivity contribution < 1.29 is 14.2 Å². The highest BCUT2D eigenvalue weighted by Gasteiger charge is 2.13. The second-order valence-corrected chi connectivity index (χ2v) is 5.60. The Hall–Kier alpha value is -2.24. The summed E-state index contributed by atoms with van der Waals surface area (Å²) in [7, 11) is 3.18. The second kappa shape index (κ2) is 7.11. The van der Waals surface area contributed by atoms with Gasteiger partial charge in [0, 0.05) is 17.0 Å². The Kier molecular flexibility index (Phi) is 4.92. The van der Waals surface area contributed by atoms with Gasteiger partial charge in [0.2, 0.25) is 5.28 Å². The number of rotatable bonds is 5. The number of hydrogen-bond donors (Lipinski definition) is 0. The van der Waals surface area contributed by atoms with E-state index in [9.17, 15) is 0 Å². The maximum absolute atomic E-state index is 6.14. The largest absolute Gasteiger partial charge is 0.496 e. The summed E-state index contributed by atoms with van der Waals surface area (Å²) in [5.41, 5.74) is 1.50. The molecule has 0 radical (unpaired) electrons. The molecule has 0 spiro atoms. The molecule has 2 aromatic carbocycles. The second-order valence-electron chi connectivity index (χ2n) is 4.90. The van der Waals surface area contributed by atoms with Crippen LogP contribution >= 0.6 is 23.2 Å². The van der Waals surface area contributed by atoms with E-state index in [1.165, 1.54) is 0 Å². The first-order chi connectivity index (χ1) is 11.6. The van der Waals surface area contributed by atoms with E-state index < -0.39 is 0 Å². The van der Waals surface area contributed by atoms with E-state index in [2.05, 4.69) is 9.97 Å². The van der Waals surface area contributed by atoms with Gasteiger partial charge in [-0.1, -0.05) is 29.8 Å². The minimum absolute atomic E-state index is 0.0808. The number of halogens is 2. The van der Waals surface area contributed by atoms with Gasteiger partial charge >= 0.3 is 0 Å². The Balaban J connectivity index is 1.96. The highest BCUT2D eigenvalue weighted by Crippen LogP contribution is 2.35. The first kappa shape index (κ1) is 16.6. The number of benzene rings is 2. The van der Waals surface area contributed by atoms with Gasteiger partial charge in [-0.05, 0) is 23.7 Å². The van der Waals surface area contributed by atoms with Crippen LogP contribution in [0.25, 0.3) is 10.9 Å². The highest BCUT2D eigenvalue weighted by molar-refractivity contribution is 6.35. The number of methoxy groups -OCH3 is 2. The molecular weight excluding hydrogens is 351 g/mol. The number of fused-ring (bicyclic) bond motifs is 1. The number of nitrogens with zero attached hydrogens (tertiary/aromatic N) is 2. The predicted molar refractivity (Wildman–Crippen MR) is 93.4 cm³/mol. The fraction of sp³-hybridized carbons (Fsp3) is 0.176. The molecule has 0 fully saturated rings. The number of hydrogen-bond acceptors (Lipinski definition) is 5. The van der Waals surface area contributed by atoms with Crippen molar-refractivity contribution in [1.29, 1.82) is 0 Å². The zero-order valence-corrected chi connectivity index (χ0v) is 14.6. The van der Waals surface area contributed by atoms with Crippen LogP contribution in [0.3, 0.4) is 0 Å². The third-order valence-corrected chi connectivity index (χ3v) is 3.94. The van der Waals surface area contributed by atoms with Gasteiger partial charge < -0.3 is 14.2 Å². The summed E-state index contributed by atoms with van der Waals surface area (Å²) in [5, 5.41) is 0.976. The van der Waals surface area contributed by atoms with Crippen LogP contribution in [0.4, 0.5) is 0 Å². The Morgan fingerprint density at radius 3 is 2.42 bits per heavy atom. The smallest absolute Gasteiger partial charge is 0.224 e. The van der Waals surface area contributed by atoms with Crippen LogP contribution < -0.4 is 14.2 Å². The molecule has 0 N–H and O–H groups in total. The van der Waals surface area contributed by atoms with Crippen molar-refractivity contribution in [1.82, 2.24) is 9.97 Å². The van der Waals surface area contributed by atoms with Gasteiger partial charge in [-0.25, -0.2) is 9.97 Å². The Morgan fingerprint density at radius 1 is 0.917 bits per heavy atom. The van der Waals surface area contributed by atoms with Gasteiger partial charge in [0.05, 0.1) is 19.7 Å². The van der Waals surface area contributed by atoms with E-state index in [0.29, 0.717) is 29.0 Å². The Bertz CT molecular complexity index is 887. The van der Waals surface area contributed by atoms with E-state index >= 15 is 0 Å². The molecule has 7 heteroatoms. The SMILES string of the molecule is COc1ccccc1COc1cc2c(Cl)nc(Cl)nc2cc1OC. The van der Waals surface area contributed by atoms with Crippen LogP contribution in [-0.4, -0.2) is 24.2 Å². The molecule has 3 rings (SSSR count). The van der Waals surface area contributed by atoms with Crippen molar-refractivity contribution in [3.05, 3.63) is 52.4 Å². The first-order valence-electron chi connectivity index (χ1n) is 7.08. The quantitative estimate of drug-likeness (QED) is 0.491. The lowest BCUT2D eigenvalue weighted by atomic mass is 10.2. The van der Waals surface area contributed by atoms with Gasteiger partial charge in [0.1, 0.15) is 17.5 Å². The predicted octanol–water partition coefficient (Wildman–Crippen LogP) is 4.53. The minimum Gasteiger partial charge on any atom is -0.496 e. The number of aromatic nitrogens is 2. The van der Waals surface area contributed by atoms with Crippen LogP contribution in [0.2, 0.25) is 10.4 Å². The lowest BCUT2D eigenvalue weighted by molar-refractivity contribution is 0.278. The van der Waals surface area contributed by atoms with Crippen molar-refractivity contribution in [2.45, 2.75) is 6.61 Å². The molecule has 0 aliphatic heterocycles. The summed E-state index contributed by atoms with van der Waals surface area (Å²) in [6, 6.07) is 11.1. The summed E-state index contributed by atoms with van der Waals surface area (Å²) in [5.74, 6) is 1.82. The third-order valence-electron chi connectivity index (χ3n) is 3.48. The zero-order valence-electron chi connectivity index (χ0n) is 13.0. The standard InChI is InChI=1S/C17H14Cl2N2O3/c1-22-13-6-4-3-5-10(13)9-24-15-7-11-12(8-14(15)23-2)20-17(19)21-16(11)18/h3-8H,9H2,1-2H3. The molecule has 5 nitrogen and oxygen atoms in total. The Labute approximate surface area is 149 Å². The average Bonchev–Trinajstić information content (AvgIpc) is 2.59. The molecule has 1 aromatic heterocycles. The molecule has 0 saturated heterocycles. The molecule has 1 heterocycles. The van der Waals surface area contributed by atoms with Crippen molar-refractivity contribution in [3.63, 3.8) is 0 Å². The van der Waals surface area contributed by atoms with Gasteiger partial charge in [0.25, 0.3) is 0 Å². The van der Waals surface area contributed by atoms with E-state index in [0.717, 1.165) is 11.3 Å². The van der Waals surface area contributed by atoms with E-state index in [-0.39, 0.29) is 10.4 Å². The molecular formula is C17H14Cl2N2O3. The molecule has 24 heavy (non-hydrogen) atoms. The van der Waals surface area contributed by atoms with E-state index in [1.54, 1.807) is 26.4 Å². The molecule has 0 amide bonds. The molecule has 0 atom stereocenters. The molecule has 0 saturated carbocycles. The summed E-state index contributed by atoms with van der Waals surface area (Å²) >= 11 is 12.0. The van der Waals surface area contributed by atoms with Crippen molar-refractivity contribution in [3.8, 4) is 17.2 Å². The van der Waals surface area contributed by atoms with Gasteiger partial charge in [-0.3, -0.25) is 0 Å². The molecule has 0 aliphatic rings. The zero-order chi connectivity index (χ0) is 17.1. The van der Waals surface area contributed by atoms with Crippen LogP contribution in [0, 0.1) is 0 Å².